The van der Waals surface area contributed by atoms with Gasteiger partial charge in [0.15, 0.2) is 0 Å². The fourth-order valence-electron chi connectivity index (χ4n) is 0.973. The first-order chi connectivity index (χ1) is 4.86. The van der Waals surface area contributed by atoms with Crippen LogP contribution in [0.4, 0.5) is 0 Å². The molecule has 50 valence electrons. The van der Waals surface area contributed by atoms with E-state index in [4.69, 9.17) is 4.42 Å². The number of aromatic nitrogens is 1. The third kappa shape index (κ3) is 0.692. The zero-order valence-electron chi connectivity index (χ0n) is 5.66. The minimum atomic E-state index is 1.02. The van der Waals surface area contributed by atoms with Crippen LogP contribution in [0, 0.1) is 6.92 Å². The Balaban J connectivity index is 2.86. The third-order valence-corrected chi connectivity index (χ3v) is 1.50. The van der Waals surface area contributed by atoms with Gasteiger partial charge in [-0.05, 0) is 13.0 Å². The molecule has 0 bridgehead atoms. The van der Waals surface area contributed by atoms with Crippen LogP contribution >= 0.6 is 0 Å². The Labute approximate surface area is 58.5 Å². The van der Waals surface area contributed by atoms with Crippen molar-refractivity contribution in [3.05, 3.63) is 30.5 Å². The monoisotopic (exact) mass is 133 g/mol. The van der Waals surface area contributed by atoms with Crippen LogP contribution in [0.5, 0.6) is 0 Å². The fourth-order valence-corrected chi connectivity index (χ4v) is 0.973. The average Bonchev–Trinajstić information content (AvgIpc) is 2.33. The summed E-state index contributed by atoms with van der Waals surface area (Å²) >= 11 is 0. The third-order valence-electron chi connectivity index (χ3n) is 1.50. The molecule has 0 unspecified atom stereocenters. The molecule has 0 aliphatic rings. The molecule has 2 aromatic rings. The summed E-state index contributed by atoms with van der Waals surface area (Å²) in [6.45, 7) is 1.96. The first-order valence-electron chi connectivity index (χ1n) is 3.15. The van der Waals surface area contributed by atoms with Crippen molar-refractivity contribution < 1.29 is 4.42 Å². The Kier molecular flexibility index (Phi) is 1.01. The van der Waals surface area contributed by atoms with Crippen LogP contribution in [0.15, 0.2) is 29.2 Å². The number of rotatable bonds is 0. The first kappa shape index (κ1) is 5.47. The SMILES string of the molecule is Cc1cc2cocc2cn1. The average molecular weight is 133 g/mol. The number of aryl methyl sites for hydroxylation is 1. The van der Waals surface area contributed by atoms with Crippen LogP contribution in [-0.4, -0.2) is 4.98 Å². The molecule has 0 saturated heterocycles. The van der Waals surface area contributed by atoms with Crippen molar-refractivity contribution in [3.8, 4) is 0 Å². The van der Waals surface area contributed by atoms with Gasteiger partial charge in [0.05, 0.1) is 12.5 Å². The molecule has 2 aromatic heterocycles. The predicted molar refractivity (Wildman–Crippen MR) is 38.7 cm³/mol. The highest BCUT2D eigenvalue weighted by molar-refractivity contribution is 5.80. The summed E-state index contributed by atoms with van der Waals surface area (Å²) in [5.74, 6) is 0. The summed E-state index contributed by atoms with van der Waals surface area (Å²) in [6.07, 6.45) is 5.24. The molecule has 2 nitrogen and oxygen atoms in total. The van der Waals surface area contributed by atoms with E-state index in [1.165, 1.54) is 0 Å². The highest BCUT2D eigenvalue weighted by atomic mass is 16.3. The standard InChI is InChI=1S/C8H7NO/c1-6-2-7-4-10-5-8(7)3-9-6/h2-5H,1H3. The second-order valence-electron chi connectivity index (χ2n) is 2.33. The van der Waals surface area contributed by atoms with Crippen LogP contribution < -0.4 is 0 Å². The quantitative estimate of drug-likeness (QED) is 0.550. The van der Waals surface area contributed by atoms with E-state index in [0.717, 1.165) is 16.5 Å². The van der Waals surface area contributed by atoms with Gasteiger partial charge in [0.1, 0.15) is 0 Å². The van der Waals surface area contributed by atoms with Gasteiger partial charge in [0, 0.05) is 22.7 Å². The van der Waals surface area contributed by atoms with Crippen molar-refractivity contribution in [2.75, 3.05) is 0 Å². The predicted octanol–water partition coefficient (Wildman–Crippen LogP) is 2.14. The highest BCUT2D eigenvalue weighted by Crippen LogP contribution is 2.13. The van der Waals surface area contributed by atoms with E-state index in [2.05, 4.69) is 4.98 Å². The van der Waals surface area contributed by atoms with Crippen LogP contribution in [-0.2, 0) is 0 Å². The van der Waals surface area contributed by atoms with Gasteiger partial charge in [-0.25, -0.2) is 0 Å². The number of furan rings is 1. The number of fused-ring (bicyclic) bond motifs is 1. The molecule has 0 aliphatic carbocycles. The van der Waals surface area contributed by atoms with Gasteiger partial charge in [0.2, 0.25) is 0 Å². The molecule has 0 aliphatic heterocycles. The normalized spacial score (nSPS) is 10.5. The van der Waals surface area contributed by atoms with Crippen molar-refractivity contribution in [1.29, 1.82) is 0 Å². The summed E-state index contributed by atoms with van der Waals surface area (Å²) in [7, 11) is 0. The lowest BCUT2D eigenvalue weighted by molar-refractivity contribution is 0.572. The topological polar surface area (TPSA) is 26.0 Å². The van der Waals surface area contributed by atoms with Gasteiger partial charge in [-0.2, -0.15) is 0 Å². The maximum absolute atomic E-state index is 4.98. The molecule has 0 amide bonds. The van der Waals surface area contributed by atoms with Gasteiger partial charge in [-0.3, -0.25) is 4.98 Å². The lowest BCUT2D eigenvalue weighted by Crippen LogP contribution is -1.76. The molecule has 0 spiro atoms. The van der Waals surface area contributed by atoms with E-state index in [-0.39, 0.29) is 0 Å². The molecule has 0 N–H and O–H groups in total. The van der Waals surface area contributed by atoms with Gasteiger partial charge >= 0.3 is 0 Å². The van der Waals surface area contributed by atoms with Gasteiger partial charge in [-0.1, -0.05) is 0 Å². The molecule has 0 fully saturated rings. The van der Waals surface area contributed by atoms with E-state index in [0.29, 0.717) is 0 Å². The molecular formula is C8H7NO. The second kappa shape index (κ2) is 1.84. The summed E-state index contributed by atoms with van der Waals surface area (Å²) in [6, 6.07) is 2.00. The Morgan fingerprint density at radius 2 is 2.10 bits per heavy atom. The van der Waals surface area contributed by atoms with E-state index >= 15 is 0 Å². The first-order valence-corrected chi connectivity index (χ1v) is 3.15. The summed E-state index contributed by atoms with van der Waals surface area (Å²) in [4.78, 5) is 4.12. The van der Waals surface area contributed by atoms with Gasteiger partial charge in [0.25, 0.3) is 0 Å². The lowest BCUT2D eigenvalue weighted by Gasteiger charge is -1.88. The molecule has 0 aromatic carbocycles. The van der Waals surface area contributed by atoms with Crippen molar-refractivity contribution >= 4 is 10.8 Å². The smallest absolute Gasteiger partial charge is 0.0996 e. The number of hydrogen-bond donors (Lipinski definition) is 0. The van der Waals surface area contributed by atoms with E-state index in [1.54, 1.807) is 12.5 Å². The summed E-state index contributed by atoms with van der Waals surface area (Å²) in [5.41, 5.74) is 1.02. The molecule has 2 heterocycles. The molecule has 2 heteroatoms. The minimum Gasteiger partial charge on any atom is -0.471 e. The minimum absolute atomic E-state index is 1.02. The van der Waals surface area contributed by atoms with Crippen molar-refractivity contribution in [2.24, 2.45) is 0 Å². The van der Waals surface area contributed by atoms with Gasteiger partial charge in [-0.15, -0.1) is 0 Å². The van der Waals surface area contributed by atoms with Crippen LogP contribution in [0.25, 0.3) is 10.8 Å². The van der Waals surface area contributed by atoms with Crippen LogP contribution in [0.2, 0.25) is 0 Å². The van der Waals surface area contributed by atoms with Crippen molar-refractivity contribution in [3.63, 3.8) is 0 Å². The van der Waals surface area contributed by atoms with Gasteiger partial charge < -0.3 is 4.42 Å². The molecule has 0 saturated carbocycles. The maximum atomic E-state index is 4.98. The zero-order chi connectivity index (χ0) is 6.97. The molecule has 10 heavy (non-hydrogen) atoms. The van der Waals surface area contributed by atoms with E-state index in [9.17, 15) is 0 Å². The molecule has 0 atom stereocenters. The van der Waals surface area contributed by atoms with Crippen LogP contribution in [0.3, 0.4) is 0 Å². The maximum Gasteiger partial charge on any atom is 0.0996 e. The lowest BCUT2D eigenvalue weighted by atomic mass is 10.2. The molecule has 2 rings (SSSR count). The van der Waals surface area contributed by atoms with E-state index < -0.39 is 0 Å². The molecule has 0 radical (unpaired) electrons. The second-order valence-corrected chi connectivity index (χ2v) is 2.33. The number of nitrogens with zero attached hydrogens (tertiary/aromatic N) is 1. The van der Waals surface area contributed by atoms with E-state index in [1.807, 2.05) is 19.2 Å². The highest BCUT2D eigenvalue weighted by Gasteiger charge is 1.94. The zero-order valence-corrected chi connectivity index (χ0v) is 5.66. The Morgan fingerprint density at radius 1 is 1.30 bits per heavy atom. The Hall–Kier alpha value is -1.31. The summed E-state index contributed by atoms with van der Waals surface area (Å²) < 4.78 is 4.98. The fraction of sp³-hybridized carbons (Fsp3) is 0.125. The number of hydrogen-bond acceptors (Lipinski definition) is 2. The largest absolute Gasteiger partial charge is 0.471 e. The molecular weight excluding hydrogens is 126 g/mol. The van der Waals surface area contributed by atoms with Crippen molar-refractivity contribution in [1.82, 2.24) is 4.98 Å². The van der Waals surface area contributed by atoms with Crippen LogP contribution in [0.1, 0.15) is 5.69 Å². The number of pyridine rings is 1. The Bertz CT molecular complexity index is 351. The van der Waals surface area contributed by atoms with Crippen molar-refractivity contribution in [2.45, 2.75) is 6.92 Å². The Morgan fingerprint density at radius 3 is 3.00 bits per heavy atom. The summed E-state index contributed by atoms with van der Waals surface area (Å²) in [5, 5.41) is 2.18.